The van der Waals surface area contributed by atoms with Crippen LogP contribution < -0.4 is 0 Å². The lowest BCUT2D eigenvalue weighted by Crippen LogP contribution is -2.28. The highest BCUT2D eigenvalue weighted by Crippen LogP contribution is 2.50. The van der Waals surface area contributed by atoms with E-state index in [4.69, 9.17) is 0 Å². The molecule has 0 amide bonds. The van der Waals surface area contributed by atoms with Crippen LogP contribution in [0.4, 0.5) is 0 Å². The number of hydrogen-bond acceptors (Lipinski definition) is 2. The Morgan fingerprint density at radius 3 is 2.73 bits per heavy atom. The lowest BCUT2D eigenvalue weighted by Gasteiger charge is -2.16. The van der Waals surface area contributed by atoms with Crippen LogP contribution in [0.2, 0.25) is 0 Å². The number of Topliss-reactive ketones (excluding diaryl/α,β-unsaturated/α-hetero) is 2. The summed E-state index contributed by atoms with van der Waals surface area (Å²) in [6, 6.07) is 0. The number of ketones is 2. The van der Waals surface area contributed by atoms with Crippen molar-refractivity contribution in [2.45, 2.75) is 12.8 Å². The number of rotatable bonds is 1. The van der Waals surface area contributed by atoms with Crippen molar-refractivity contribution in [3.05, 3.63) is 0 Å². The summed E-state index contributed by atoms with van der Waals surface area (Å²) in [6.45, 7) is 0. The highest BCUT2D eigenvalue weighted by atomic mass is 127. The summed E-state index contributed by atoms with van der Waals surface area (Å²) in [6.07, 6.45) is 1.20. The zero-order valence-electron chi connectivity index (χ0n) is 6.05. The fraction of sp³-hybridized carbons (Fsp3) is 0.750. The van der Waals surface area contributed by atoms with Crippen LogP contribution >= 0.6 is 22.6 Å². The second-order valence-electron chi connectivity index (χ2n) is 3.38. The Hall–Kier alpha value is 0.0700. The Kier molecular flexibility index (Phi) is 1.78. The lowest BCUT2D eigenvalue weighted by molar-refractivity contribution is -0.132. The summed E-state index contributed by atoms with van der Waals surface area (Å²) < 4.78 is 0.894. The van der Waals surface area contributed by atoms with Crippen LogP contribution in [0.15, 0.2) is 0 Å². The Balaban J connectivity index is 2.15. The number of carbonyl (C=O) groups is 2. The Labute approximate surface area is 78.9 Å². The number of alkyl halides is 1. The molecule has 0 aromatic rings. The first-order valence-corrected chi connectivity index (χ1v) is 5.38. The predicted molar refractivity (Wildman–Crippen MR) is 48.6 cm³/mol. The van der Waals surface area contributed by atoms with Gasteiger partial charge in [-0.15, -0.1) is 0 Å². The molecule has 2 saturated carbocycles. The predicted octanol–water partition coefficient (Wildman–Crippen LogP) is 1.22. The van der Waals surface area contributed by atoms with Gasteiger partial charge in [-0.3, -0.25) is 9.59 Å². The molecule has 11 heavy (non-hydrogen) atoms. The summed E-state index contributed by atoms with van der Waals surface area (Å²) in [4.78, 5) is 22.3. The first-order valence-electron chi connectivity index (χ1n) is 3.85. The minimum atomic E-state index is 0.183. The van der Waals surface area contributed by atoms with Crippen LogP contribution in [0.3, 0.4) is 0 Å². The van der Waals surface area contributed by atoms with E-state index in [1.54, 1.807) is 0 Å². The molecule has 3 atom stereocenters. The monoisotopic (exact) mass is 264 g/mol. The number of carbonyl (C=O) groups excluding carboxylic acids is 2. The first-order chi connectivity index (χ1) is 5.24. The Morgan fingerprint density at radius 1 is 1.36 bits per heavy atom. The van der Waals surface area contributed by atoms with Gasteiger partial charge in [0.2, 0.25) is 0 Å². The minimum absolute atomic E-state index is 0.183. The van der Waals surface area contributed by atoms with Crippen molar-refractivity contribution >= 4 is 34.2 Å². The van der Waals surface area contributed by atoms with Gasteiger partial charge < -0.3 is 0 Å². The van der Waals surface area contributed by atoms with Crippen LogP contribution in [0.1, 0.15) is 12.8 Å². The largest absolute Gasteiger partial charge is 0.299 e. The van der Waals surface area contributed by atoms with E-state index in [-0.39, 0.29) is 29.8 Å². The normalized spacial score (nSPS) is 42.1. The molecule has 0 spiro atoms. The second kappa shape index (κ2) is 2.54. The van der Waals surface area contributed by atoms with Gasteiger partial charge in [-0.05, 0) is 12.3 Å². The van der Waals surface area contributed by atoms with E-state index >= 15 is 0 Å². The molecule has 60 valence electrons. The zero-order valence-corrected chi connectivity index (χ0v) is 8.21. The second-order valence-corrected chi connectivity index (χ2v) is 4.26. The van der Waals surface area contributed by atoms with Gasteiger partial charge in [-0.25, -0.2) is 0 Å². The molecular formula is C8H9IO2. The Morgan fingerprint density at radius 2 is 2.09 bits per heavy atom. The maximum Gasteiger partial charge on any atom is 0.144 e. The SMILES string of the molecule is O=C1CC(=O)C2CC2C1CI. The van der Waals surface area contributed by atoms with Crippen LogP contribution in [0.25, 0.3) is 0 Å². The van der Waals surface area contributed by atoms with Crippen molar-refractivity contribution < 1.29 is 9.59 Å². The van der Waals surface area contributed by atoms with E-state index in [2.05, 4.69) is 22.6 Å². The lowest BCUT2D eigenvalue weighted by atomic mass is 9.89. The quantitative estimate of drug-likeness (QED) is 0.405. The molecule has 0 radical (unpaired) electrons. The van der Waals surface area contributed by atoms with E-state index in [1.807, 2.05) is 0 Å². The van der Waals surface area contributed by atoms with Crippen molar-refractivity contribution in [1.82, 2.24) is 0 Å². The molecule has 2 aliphatic rings. The van der Waals surface area contributed by atoms with E-state index in [9.17, 15) is 9.59 Å². The van der Waals surface area contributed by atoms with Crippen molar-refractivity contribution in [2.24, 2.45) is 17.8 Å². The fourth-order valence-electron chi connectivity index (χ4n) is 1.90. The number of halogens is 1. The van der Waals surface area contributed by atoms with Crippen molar-refractivity contribution in [3.8, 4) is 0 Å². The molecule has 0 aromatic carbocycles. The highest BCUT2D eigenvalue weighted by Gasteiger charge is 2.53. The molecule has 0 saturated heterocycles. The molecule has 0 bridgehead atoms. The maximum absolute atomic E-state index is 11.2. The Bertz CT molecular complexity index is 224. The van der Waals surface area contributed by atoms with Gasteiger partial charge in [0.15, 0.2) is 0 Å². The molecule has 3 heteroatoms. The molecular weight excluding hydrogens is 255 g/mol. The average Bonchev–Trinajstić information content (AvgIpc) is 2.67. The topological polar surface area (TPSA) is 34.1 Å². The van der Waals surface area contributed by atoms with Gasteiger partial charge in [0.25, 0.3) is 0 Å². The third kappa shape index (κ3) is 1.13. The van der Waals surface area contributed by atoms with Crippen molar-refractivity contribution in [1.29, 1.82) is 0 Å². The molecule has 2 rings (SSSR count). The minimum Gasteiger partial charge on any atom is -0.299 e. The summed E-state index contributed by atoms with van der Waals surface area (Å²) >= 11 is 2.24. The molecule has 0 aromatic heterocycles. The fourth-order valence-corrected chi connectivity index (χ4v) is 3.05. The van der Waals surface area contributed by atoms with E-state index in [0.29, 0.717) is 5.92 Å². The van der Waals surface area contributed by atoms with Gasteiger partial charge in [0.05, 0.1) is 6.42 Å². The maximum atomic E-state index is 11.2. The molecule has 0 heterocycles. The molecule has 0 N–H and O–H groups in total. The first kappa shape index (κ1) is 7.71. The van der Waals surface area contributed by atoms with E-state index in [0.717, 1.165) is 10.8 Å². The van der Waals surface area contributed by atoms with Gasteiger partial charge in [-0.1, -0.05) is 22.6 Å². The molecule has 3 unspecified atom stereocenters. The standard InChI is InChI=1S/C8H9IO2/c9-3-6-4-1-5(4)7(10)2-8(6)11/h4-6H,1-3H2. The van der Waals surface area contributed by atoms with Gasteiger partial charge >= 0.3 is 0 Å². The van der Waals surface area contributed by atoms with Crippen LogP contribution in [0.5, 0.6) is 0 Å². The summed E-state index contributed by atoms with van der Waals surface area (Å²) in [5.41, 5.74) is 0. The molecule has 0 aliphatic heterocycles. The smallest absolute Gasteiger partial charge is 0.144 e. The van der Waals surface area contributed by atoms with Gasteiger partial charge in [0, 0.05) is 16.3 Å². The van der Waals surface area contributed by atoms with Crippen LogP contribution in [-0.4, -0.2) is 16.0 Å². The van der Waals surface area contributed by atoms with Gasteiger partial charge in [0.1, 0.15) is 11.6 Å². The van der Waals surface area contributed by atoms with E-state index < -0.39 is 0 Å². The van der Waals surface area contributed by atoms with E-state index in [1.165, 1.54) is 0 Å². The molecule has 2 fully saturated rings. The number of fused-ring (bicyclic) bond motifs is 1. The number of hydrogen-bond donors (Lipinski definition) is 0. The van der Waals surface area contributed by atoms with Gasteiger partial charge in [-0.2, -0.15) is 0 Å². The third-order valence-corrected chi connectivity index (χ3v) is 3.65. The summed E-state index contributed by atoms with van der Waals surface area (Å²) in [5, 5.41) is 0. The van der Waals surface area contributed by atoms with Crippen molar-refractivity contribution in [3.63, 3.8) is 0 Å². The molecule has 2 aliphatic carbocycles. The van der Waals surface area contributed by atoms with Crippen molar-refractivity contribution in [2.75, 3.05) is 4.43 Å². The van der Waals surface area contributed by atoms with Crippen LogP contribution in [0, 0.1) is 17.8 Å². The zero-order chi connectivity index (χ0) is 8.01. The van der Waals surface area contributed by atoms with Crippen LogP contribution in [-0.2, 0) is 9.59 Å². The summed E-state index contributed by atoms with van der Waals surface area (Å²) in [7, 11) is 0. The average molecular weight is 264 g/mol. The highest BCUT2D eigenvalue weighted by molar-refractivity contribution is 14.1. The molecule has 2 nitrogen and oxygen atoms in total. The summed E-state index contributed by atoms with van der Waals surface area (Å²) in [5.74, 6) is 1.29. The third-order valence-electron chi connectivity index (χ3n) is 2.70.